The van der Waals surface area contributed by atoms with Crippen molar-refractivity contribution in [2.45, 2.75) is 37.2 Å². The summed E-state index contributed by atoms with van der Waals surface area (Å²) in [5.74, 6) is 2.31. The number of hydrogen-bond donors (Lipinski definition) is 1. The maximum absolute atomic E-state index is 10.5. The Labute approximate surface area is 174 Å². The van der Waals surface area contributed by atoms with E-state index >= 15 is 0 Å². The first-order valence-corrected chi connectivity index (χ1v) is 10.3. The minimum absolute atomic E-state index is 0.0777. The lowest BCUT2D eigenvalue weighted by molar-refractivity contribution is 0.0691. The molecule has 1 aliphatic carbocycles. The number of aliphatic hydroxyl groups is 1. The van der Waals surface area contributed by atoms with Gasteiger partial charge in [-0.25, -0.2) is 0 Å². The predicted molar refractivity (Wildman–Crippen MR) is 115 cm³/mol. The van der Waals surface area contributed by atoms with Gasteiger partial charge in [-0.3, -0.25) is 0 Å². The van der Waals surface area contributed by atoms with Crippen molar-refractivity contribution in [3.63, 3.8) is 0 Å². The average molecular weight is 400 g/mol. The van der Waals surface area contributed by atoms with Crippen LogP contribution in [0.1, 0.15) is 31.2 Å². The Morgan fingerprint density at radius 2 is 1.69 bits per heavy atom. The van der Waals surface area contributed by atoms with E-state index < -0.39 is 6.10 Å². The lowest BCUT2D eigenvalue weighted by Gasteiger charge is -2.35. The third-order valence-corrected chi connectivity index (χ3v) is 5.84. The van der Waals surface area contributed by atoms with Crippen LogP contribution >= 0.6 is 0 Å². The molecule has 0 aromatic heterocycles. The van der Waals surface area contributed by atoms with E-state index in [1.54, 1.807) is 14.2 Å². The van der Waals surface area contributed by atoms with Crippen molar-refractivity contribution in [1.29, 1.82) is 0 Å². The van der Waals surface area contributed by atoms with E-state index in [1.807, 2.05) is 36.4 Å². The Kier molecular flexibility index (Phi) is 7.40. The van der Waals surface area contributed by atoms with E-state index in [0.717, 1.165) is 36.6 Å². The molecule has 1 N–H and O–H groups in total. The Morgan fingerprint density at radius 3 is 2.34 bits per heavy atom. The van der Waals surface area contributed by atoms with Crippen LogP contribution in [0.4, 0.5) is 0 Å². The molecule has 0 aliphatic heterocycles. The van der Waals surface area contributed by atoms with Crippen molar-refractivity contribution in [3.05, 3.63) is 54.1 Å². The van der Waals surface area contributed by atoms with E-state index in [1.165, 1.54) is 18.4 Å². The van der Waals surface area contributed by atoms with Crippen molar-refractivity contribution < 1.29 is 19.3 Å². The number of aliphatic hydroxyl groups excluding tert-OH is 1. The van der Waals surface area contributed by atoms with Gasteiger partial charge in [-0.2, -0.15) is 0 Å². The zero-order valence-electron chi connectivity index (χ0n) is 17.8. The molecule has 2 aromatic carbocycles. The lowest BCUT2D eigenvalue weighted by atomic mass is 9.78. The van der Waals surface area contributed by atoms with E-state index in [-0.39, 0.29) is 12.0 Å². The van der Waals surface area contributed by atoms with Crippen LogP contribution in [-0.4, -0.2) is 57.1 Å². The third kappa shape index (κ3) is 5.43. The fourth-order valence-corrected chi connectivity index (χ4v) is 4.46. The quantitative estimate of drug-likeness (QED) is 0.657. The Balaban J connectivity index is 1.63. The Morgan fingerprint density at radius 1 is 1.00 bits per heavy atom. The molecule has 5 heteroatoms. The summed E-state index contributed by atoms with van der Waals surface area (Å²) in [5.41, 5.74) is 1.36. The SMILES string of the molecule is COc1ccc(C2(CN(C)C[C@@H](O)COc3ccccc3)CCCC2)cc1OC. The summed E-state index contributed by atoms with van der Waals surface area (Å²) in [6, 6.07) is 15.9. The molecule has 158 valence electrons. The van der Waals surface area contributed by atoms with Gasteiger partial charge in [-0.15, -0.1) is 0 Å². The van der Waals surface area contributed by atoms with Crippen molar-refractivity contribution in [1.82, 2.24) is 4.90 Å². The Hall–Kier alpha value is -2.24. The summed E-state index contributed by atoms with van der Waals surface area (Å²) in [6.45, 7) is 1.75. The number of rotatable bonds is 10. The summed E-state index contributed by atoms with van der Waals surface area (Å²) >= 11 is 0. The van der Waals surface area contributed by atoms with Crippen molar-refractivity contribution in [3.8, 4) is 17.2 Å². The van der Waals surface area contributed by atoms with Crippen LogP contribution in [0, 0.1) is 0 Å². The predicted octanol–water partition coefficient (Wildman–Crippen LogP) is 3.89. The maximum atomic E-state index is 10.5. The lowest BCUT2D eigenvalue weighted by Crippen LogP contribution is -2.41. The van der Waals surface area contributed by atoms with Crippen LogP contribution in [0.3, 0.4) is 0 Å². The topological polar surface area (TPSA) is 51.2 Å². The molecule has 29 heavy (non-hydrogen) atoms. The highest BCUT2D eigenvalue weighted by molar-refractivity contribution is 5.45. The van der Waals surface area contributed by atoms with Gasteiger partial charge in [-0.05, 0) is 49.7 Å². The second-order valence-electron chi connectivity index (χ2n) is 8.03. The second-order valence-corrected chi connectivity index (χ2v) is 8.03. The summed E-state index contributed by atoms with van der Waals surface area (Å²) < 4.78 is 16.6. The highest BCUT2D eigenvalue weighted by atomic mass is 16.5. The third-order valence-electron chi connectivity index (χ3n) is 5.84. The number of nitrogens with zero attached hydrogens (tertiary/aromatic N) is 1. The van der Waals surface area contributed by atoms with Gasteiger partial charge in [0.15, 0.2) is 11.5 Å². The number of para-hydroxylation sites is 1. The summed E-state index contributed by atoms with van der Waals surface area (Å²) in [7, 11) is 5.42. The fraction of sp³-hybridized carbons (Fsp3) is 0.500. The zero-order chi connectivity index (χ0) is 20.7. The fourth-order valence-electron chi connectivity index (χ4n) is 4.46. The van der Waals surface area contributed by atoms with E-state index in [0.29, 0.717) is 6.54 Å². The number of likely N-dealkylation sites (N-methyl/N-ethyl adjacent to an activating group) is 1. The standard InChI is InChI=1S/C24H33NO4/c1-25(16-20(26)17-29-21-9-5-4-6-10-21)18-24(13-7-8-14-24)19-11-12-22(27-2)23(15-19)28-3/h4-6,9-12,15,20,26H,7-8,13-14,16-18H2,1-3H3/t20-/m1/s1. The molecular formula is C24H33NO4. The van der Waals surface area contributed by atoms with Gasteiger partial charge in [0.2, 0.25) is 0 Å². The minimum atomic E-state index is -0.538. The average Bonchev–Trinajstić information content (AvgIpc) is 3.21. The smallest absolute Gasteiger partial charge is 0.161 e. The highest BCUT2D eigenvalue weighted by Crippen LogP contribution is 2.44. The number of methoxy groups -OCH3 is 2. The highest BCUT2D eigenvalue weighted by Gasteiger charge is 2.37. The first-order valence-electron chi connectivity index (χ1n) is 10.3. The maximum Gasteiger partial charge on any atom is 0.161 e. The number of benzene rings is 2. The Bertz CT molecular complexity index is 759. The van der Waals surface area contributed by atoms with Crippen LogP contribution in [0.25, 0.3) is 0 Å². The largest absolute Gasteiger partial charge is 0.493 e. The molecule has 1 aliphatic rings. The van der Waals surface area contributed by atoms with Crippen LogP contribution in [-0.2, 0) is 5.41 Å². The summed E-state index contributed by atoms with van der Waals surface area (Å²) in [5, 5.41) is 10.5. The summed E-state index contributed by atoms with van der Waals surface area (Å²) in [6.07, 6.45) is 4.19. The first-order chi connectivity index (χ1) is 14.1. The van der Waals surface area contributed by atoms with Crippen LogP contribution in [0.15, 0.2) is 48.5 Å². The molecule has 0 heterocycles. The number of hydrogen-bond acceptors (Lipinski definition) is 5. The van der Waals surface area contributed by atoms with Gasteiger partial charge in [0.05, 0.1) is 14.2 Å². The first kappa shape index (κ1) is 21.5. The van der Waals surface area contributed by atoms with Crippen LogP contribution in [0.5, 0.6) is 17.2 Å². The molecule has 0 unspecified atom stereocenters. The molecule has 0 spiro atoms. The molecular weight excluding hydrogens is 366 g/mol. The van der Waals surface area contributed by atoms with Gasteiger partial charge in [0.1, 0.15) is 18.5 Å². The van der Waals surface area contributed by atoms with Crippen LogP contribution in [0.2, 0.25) is 0 Å². The van der Waals surface area contributed by atoms with Gasteiger partial charge >= 0.3 is 0 Å². The zero-order valence-corrected chi connectivity index (χ0v) is 17.8. The van der Waals surface area contributed by atoms with Crippen molar-refractivity contribution in [2.75, 3.05) is 41.0 Å². The molecule has 3 rings (SSSR count). The molecule has 1 fully saturated rings. The molecule has 1 atom stereocenters. The van der Waals surface area contributed by atoms with Gasteiger partial charge in [0.25, 0.3) is 0 Å². The molecule has 1 saturated carbocycles. The second kappa shape index (κ2) is 9.99. The summed E-state index contributed by atoms with van der Waals surface area (Å²) in [4.78, 5) is 2.22. The molecule has 0 amide bonds. The number of ether oxygens (including phenoxy) is 3. The minimum Gasteiger partial charge on any atom is -0.493 e. The molecule has 2 aromatic rings. The monoisotopic (exact) mass is 399 g/mol. The molecule has 0 radical (unpaired) electrons. The van der Waals surface area contributed by atoms with E-state index in [4.69, 9.17) is 14.2 Å². The van der Waals surface area contributed by atoms with Gasteiger partial charge in [-0.1, -0.05) is 37.1 Å². The van der Waals surface area contributed by atoms with Gasteiger partial charge < -0.3 is 24.2 Å². The van der Waals surface area contributed by atoms with Gasteiger partial charge in [0, 0.05) is 18.5 Å². The molecule has 0 bridgehead atoms. The van der Waals surface area contributed by atoms with E-state index in [9.17, 15) is 5.11 Å². The van der Waals surface area contributed by atoms with Crippen LogP contribution < -0.4 is 14.2 Å². The van der Waals surface area contributed by atoms with Crippen molar-refractivity contribution >= 4 is 0 Å². The molecule has 5 nitrogen and oxygen atoms in total. The normalized spacial score (nSPS) is 16.6. The van der Waals surface area contributed by atoms with Crippen molar-refractivity contribution in [2.24, 2.45) is 0 Å². The van der Waals surface area contributed by atoms with E-state index in [2.05, 4.69) is 24.1 Å². The molecule has 0 saturated heterocycles.